The zero-order chi connectivity index (χ0) is 13.1. The molecule has 1 fully saturated rings. The van der Waals surface area contributed by atoms with Crippen LogP contribution in [0.2, 0.25) is 0 Å². The minimum Gasteiger partial charge on any atom is -0.480 e. The van der Waals surface area contributed by atoms with E-state index in [-0.39, 0.29) is 11.8 Å². The molecule has 98 valence electrons. The summed E-state index contributed by atoms with van der Waals surface area (Å²) in [6.45, 7) is 4.04. The molecule has 1 aliphatic rings. The molecule has 0 heterocycles. The van der Waals surface area contributed by atoms with Gasteiger partial charge in [-0.15, -0.1) is 0 Å². The fourth-order valence-corrected chi connectivity index (χ4v) is 2.10. The Morgan fingerprint density at radius 2 is 2.06 bits per heavy atom. The summed E-state index contributed by atoms with van der Waals surface area (Å²) < 4.78 is 0. The van der Waals surface area contributed by atoms with E-state index in [9.17, 15) is 9.59 Å². The average Bonchev–Trinajstić information content (AvgIpc) is 2.23. The molecule has 1 amide bonds. The molecular weight excluding hydrogens is 220 g/mol. The Morgan fingerprint density at radius 3 is 2.35 bits per heavy atom. The van der Waals surface area contributed by atoms with Crippen LogP contribution < -0.4 is 11.1 Å². The molecule has 1 saturated carbocycles. The molecule has 1 aliphatic carbocycles. The second kappa shape index (κ2) is 5.49. The van der Waals surface area contributed by atoms with E-state index < -0.39 is 17.4 Å². The predicted octanol–water partition coefficient (Wildman–Crippen LogP) is 0.731. The lowest BCUT2D eigenvalue weighted by atomic mass is 9.68. The Balaban J connectivity index is 2.67. The highest BCUT2D eigenvalue weighted by Gasteiger charge is 2.44. The molecule has 17 heavy (non-hydrogen) atoms. The van der Waals surface area contributed by atoms with Crippen molar-refractivity contribution in [3.8, 4) is 0 Å². The maximum Gasteiger partial charge on any atom is 0.326 e. The molecule has 5 nitrogen and oxygen atoms in total. The van der Waals surface area contributed by atoms with Crippen LogP contribution in [0.5, 0.6) is 0 Å². The van der Waals surface area contributed by atoms with Crippen molar-refractivity contribution in [1.82, 2.24) is 5.32 Å². The third kappa shape index (κ3) is 2.77. The van der Waals surface area contributed by atoms with E-state index in [1.807, 2.05) is 13.8 Å². The molecule has 0 spiro atoms. The van der Waals surface area contributed by atoms with Crippen LogP contribution in [-0.4, -0.2) is 29.6 Å². The van der Waals surface area contributed by atoms with Crippen molar-refractivity contribution in [2.75, 3.05) is 6.54 Å². The molecule has 5 heteroatoms. The van der Waals surface area contributed by atoms with Gasteiger partial charge >= 0.3 is 5.97 Å². The number of hydrogen-bond acceptors (Lipinski definition) is 3. The predicted molar refractivity (Wildman–Crippen MR) is 64.4 cm³/mol. The van der Waals surface area contributed by atoms with Crippen molar-refractivity contribution in [1.29, 1.82) is 0 Å². The number of carbonyl (C=O) groups excluding carboxylic acids is 1. The minimum atomic E-state index is -0.973. The van der Waals surface area contributed by atoms with Crippen LogP contribution in [0, 0.1) is 11.3 Å². The van der Waals surface area contributed by atoms with Crippen molar-refractivity contribution < 1.29 is 14.7 Å². The van der Waals surface area contributed by atoms with Gasteiger partial charge in [0.05, 0.1) is 5.41 Å². The van der Waals surface area contributed by atoms with Gasteiger partial charge in [-0.3, -0.25) is 4.79 Å². The molecule has 0 saturated heterocycles. The van der Waals surface area contributed by atoms with E-state index in [2.05, 4.69) is 5.32 Å². The van der Waals surface area contributed by atoms with Gasteiger partial charge in [0.1, 0.15) is 6.04 Å². The Kier molecular flexibility index (Phi) is 4.51. The second-order valence-corrected chi connectivity index (χ2v) is 5.01. The number of rotatable bonds is 6. The van der Waals surface area contributed by atoms with E-state index in [0.717, 1.165) is 19.3 Å². The van der Waals surface area contributed by atoms with Crippen LogP contribution in [0.1, 0.15) is 39.5 Å². The smallest absolute Gasteiger partial charge is 0.326 e. The average molecular weight is 242 g/mol. The van der Waals surface area contributed by atoms with E-state index in [1.165, 1.54) is 0 Å². The number of aliphatic carboxylic acids is 1. The minimum absolute atomic E-state index is 0.0775. The number of carboxylic acid groups (broad SMARTS) is 1. The van der Waals surface area contributed by atoms with Crippen molar-refractivity contribution in [3.05, 3.63) is 0 Å². The van der Waals surface area contributed by atoms with Crippen molar-refractivity contribution in [2.24, 2.45) is 17.1 Å². The molecule has 0 radical (unpaired) electrons. The third-order valence-electron chi connectivity index (χ3n) is 3.95. The first-order valence-corrected chi connectivity index (χ1v) is 6.20. The van der Waals surface area contributed by atoms with Crippen molar-refractivity contribution in [2.45, 2.75) is 45.6 Å². The zero-order valence-corrected chi connectivity index (χ0v) is 10.5. The maximum atomic E-state index is 12.1. The van der Waals surface area contributed by atoms with Crippen molar-refractivity contribution in [3.63, 3.8) is 0 Å². The highest BCUT2D eigenvalue weighted by molar-refractivity contribution is 5.88. The van der Waals surface area contributed by atoms with Gasteiger partial charge in [0.15, 0.2) is 0 Å². The molecule has 0 aromatic rings. The summed E-state index contributed by atoms with van der Waals surface area (Å²) in [7, 11) is 0. The van der Waals surface area contributed by atoms with E-state index in [0.29, 0.717) is 13.0 Å². The second-order valence-electron chi connectivity index (χ2n) is 5.01. The molecule has 0 bridgehead atoms. The molecule has 1 rings (SSSR count). The summed E-state index contributed by atoms with van der Waals surface area (Å²) in [4.78, 5) is 23.2. The number of hydrogen-bond donors (Lipinski definition) is 3. The van der Waals surface area contributed by atoms with Crippen molar-refractivity contribution >= 4 is 11.9 Å². The standard InChI is InChI=1S/C12H22N2O3/c1-3-8(2)9(10(15)16)14-11(17)12(7-13)5-4-6-12/h8-9H,3-7,13H2,1-2H3,(H,14,17)(H,15,16)/t8?,9-/m0/s1. The van der Waals surface area contributed by atoms with E-state index in [4.69, 9.17) is 10.8 Å². The van der Waals surface area contributed by atoms with E-state index >= 15 is 0 Å². The van der Waals surface area contributed by atoms with Crippen LogP contribution in [0.15, 0.2) is 0 Å². The largest absolute Gasteiger partial charge is 0.480 e. The van der Waals surface area contributed by atoms with Crippen LogP contribution in [0.4, 0.5) is 0 Å². The summed E-state index contributed by atoms with van der Waals surface area (Å²) >= 11 is 0. The van der Waals surface area contributed by atoms with Gasteiger partial charge < -0.3 is 16.2 Å². The Labute approximate surface area is 102 Å². The lowest BCUT2D eigenvalue weighted by Crippen LogP contribution is -2.55. The summed E-state index contributed by atoms with van der Waals surface area (Å²) in [6.07, 6.45) is 3.24. The maximum absolute atomic E-state index is 12.1. The van der Waals surface area contributed by atoms with Crippen LogP contribution in [0.25, 0.3) is 0 Å². The summed E-state index contributed by atoms with van der Waals surface area (Å²) in [5.41, 5.74) is 5.11. The number of amides is 1. The molecule has 0 aromatic carbocycles. The van der Waals surface area contributed by atoms with Gasteiger partial charge in [0.2, 0.25) is 5.91 Å². The first kappa shape index (κ1) is 14.0. The van der Waals surface area contributed by atoms with Gasteiger partial charge in [0.25, 0.3) is 0 Å². The number of nitrogens with one attached hydrogen (secondary N) is 1. The first-order valence-electron chi connectivity index (χ1n) is 6.20. The lowest BCUT2D eigenvalue weighted by molar-refractivity contribution is -0.147. The van der Waals surface area contributed by atoms with Gasteiger partial charge in [-0.2, -0.15) is 0 Å². The zero-order valence-electron chi connectivity index (χ0n) is 10.5. The van der Waals surface area contributed by atoms with Gasteiger partial charge in [-0.05, 0) is 18.8 Å². The van der Waals surface area contributed by atoms with Crippen LogP contribution >= 0.6 is 0 Å². The summed E-state index contributed by atoms with van der Waals surface area (Å²) in [5, 5.41) is 11.7. The van der Waals surface area contributed by atoms with E-state index in [1.54, 1.807) is 0 Å². The van der Waals surface area contributed by atoms with Crippen LogP contribution in [-0.2, 0) is 9.59 Å². The van der Waals surface area contributed by atoms with Gasteiger partial charge in [0, 0.05) is 6.54 Å². The quantitative estimate of drug-likeness (QED) is 0.640. The Hall–Kier alpha value is -1.10. The summed E-state index contributed by atoms with van der Waals surface area (Å²) in [6, 6.07) is -0.809. The molecule has 4 N–H and O–H groups in total. The van der Waals surface area contributed by atoms with Gasteiger partial charge in [-0.25, -0.2) is 4.79 Å². The normalized spacial score (nSPS) is 21.1. The SMILES string of the molecule is CCC(C)[C@H](NC(=O)C1(CN)CCC1)C(=O)O. The Bertz CT molecular complexity index is 295. The molecule has 0 aromatic heterocycles. The first-order chi connectivity index (χ1) is 7.96. The highest BCUT2D eigenvalue weighted by Crippen LogP contribution is 2.40. The van der Waals surface area contributed by atoms with Crippen LogP contribution in [0.3, 0.4) is 0 Å². The lowest BCUT2D eigenvalue weighted by Gasteiger charge is -2.40. The highest BCUT2D eigenvalue weighted by atomic mass is 16.4. The molecule has 0 aliphatic heterocycles. The number of carbonyl (C=O) groups is 2. The molecule has 2 atom stereocenters. The fraction of sp³-hybridized carbons (Fsp3) is 0.833. The Morgan fingerprint density at radius 1 is 1.47 bits per heavy atom. The van der Waals surface area contributed by atoms with Gasteiger partial charge in [-0.1, -0.05) is 26.7 Å². The summed E-state index contributed by atoms with van der Waals surface area (Å²) in [5.74, 6) is -1.25. The third-order valence-corrected chi connectivity index (χ3v) is 3.95. The number of nitrogens with two attached hydrogens (primary N) is 1. The number of carboxylic acids is 1. The molecule has 1 unspecified atom stereocenters. The molecular formula is C12H22N2O3. The topological polar surface area (TPSA) is 92.4 Å². The monoisotopic (exact) mass is 242 g/mol. The fourth-order valence-electron chi connectivity index (χ4n) is 2.10.